The van der Waals surface area contributed by atoms with Crippen LogP contribution in [0.1, 0.15) is 18.0 Å². The van der Waals surface area contributed by atoms with Gasteiger partial charge in [0.15, 0.2) is 5.92 Å². The molecule has 1 heterocycles. The number of esters is 3. The topological polar surface area (TPSA) is 108 Å². The van der Waals surface area contributed by atoms with Gasteiger partial charge >= 0.3 is 24.0 Å². The molecule has 1 saturated heterocycles. The van der Waals surface area contributed by atoms with E-state index in [2.05, 4.69) is 4.74 Å². The van der Waals surface area contributed by atoms with Crippen molar-refractivity contribution >= 4 is 24.0 Å². The third-order valence-electron chi connectivity index (χ3n) is 4.35. The Morgan fingerprint density at radius 3 is 2.19 bits per heavy atom. The van der Waals surface area contributed by atoms with E-state index in [4.69, 9.17) is 14.2 Å². The van der Waals surface area contributed by atoms with Crippen LogP contribution in [0.15, 0.2) is 30.3 Å². The summed E-state index contributed by atoms with van der Waals surface area (Å²) in [5.74, 6) is -4.09. The Balaban J connectivity index is 2.49. The van der Waals surface area contributed by atoms with E-state index in [0.717, 1.165) is 19.8 Å². The zero-order chi connectivity index (χ0) is 20.0. The van der Waals surface area contributed by atoms with E-state index in [1.807, 2.05) is 6.07 Å². The molecule has 0 aromatic heterocycles. The van der Waals surface area contributed by atoms with Gasteiger partial charge in [-0.2, -0.15) is 0 Å². The molecule has 27 heavy (non-hydrogen) atoms. The van der Waals surface area contributed by atoms with Gasteiger partial charge in [-0.05, 0) is 5.56 Å². The molecule has 1 amide bonds. The minimum atomic E-state index is -1.53. The first-order valence-electron chi connectivity index (χ1n) is 8.17. The van der Waals surface area contributed by atoms with Crippen molar-refractivity contribution in [3.05, 3.63) is 35.9 Å². The summed E-state index contributed by atoms with van der Waals surface area (Å²) in [5, 5.41) is 0. The van der Waals surface area contributed by atoms with Gasteiger partial charge in [-0.15, -0.1) is 0 Å². The maximum absolute atomic E-state index is 12.4. The second-order valence-electron chi connectivity index (χ2n) is 5.78. The number of cyclic esters (lactones) is 1. The highest BCUT2D eigenvalue weighted by Crippen LogP contribution is 2.34. The summed E-state index contributed by atoms with van der Waals surface area (Å²) < 4.78 is 19.2. The SMILES string of the molecule is COC(=O)C[C@H](C(C(=O)OC)C(=O)OC)N1C(=O)OC[C@H]1c1ccccc1. The third kappa shape index (κ3) is 4.36. The molecule has 9 nitrogen and oxygen atoms in total. The van der Waals surface area contributed by atoms with Crippen LogP contribution in [0.2, 0.25) is 0 Å². The molecule has 1 aliphatic rings. The summed E-state index contributed by atoms with van der Waals surface area (Å²) >= 11 is 0. The van der Waals surface area contributed by atoms with Crippen LogP contribution < -0.4 is 0 Å². The van der Waals surface area contributed by atoms with E-state index < -0.39 is 48.4 Å². The summed E-state index contributed by atoms with van der Waals surface area (Å²) in [6.07, 6.45) is -1.17. The monoisotopic (exact) mass is 379 g/mol. The van der Waals surface area contributed by atoms with E-state index in [1.165, 1.54) is 12.0 Å². The van der Waals surface area contributed by atoms with Gasteiger partial charge < -0.3 is 18.9 Å². The number of rotatable bonds is 7. The van der Waals surface area contributed by atoms with Crippen molar-refractivity contribution in [2.75, 3.05) is 27.9 Å². The molecule has 146 valence electrons. The average Bonchev–Trinajstić information content (AvgIpc) is 3.08. The van der Waals surface area contributed by atoms with Gasteiger partial charge in [-0.1, -0.05) is 30.3 Å². The molecule has 1 aromatic rings. The largest absolute Gasteiger partial charge is 0.469 e. The third-order valence-corrected chi connectivity index (χ3v) is 4.35. The van der Waals surface area contributed by atoms with E-state index in [9.17, 15) is 19.2 Å². The molecule has 0 spiro atoms. The second kappa shape index (κ2) is 9.02. The Bertz CT molecular complexity index is 689. The van der Waals surface area contributed by atoms with E-state index >= 15 is 0 Å². The lowest BCUT2D eigenvalue weighted by Crippen LogP contribution is -2.50. The van der Waals surface area contributed by atoms with Crippen LogP contribution in [0.25, 0.3) is 0 Å². The lowest BCUT2D eigenvalue weighted by Gasteiger charge is -2.33. The molecule has 9 heteroatoms. The van der Waals surface area contributed by atoms with Crippen LogP contribution in [0.5, 0.6) is 0 Å². The lowest BCUT2D eigenvalue weighted by atomic mass is 9.93. The number of ether oxygens (including phenoxy) is 4. The van der Waals surface area contributed by atoms with Crippen LogP contribution in [-0.4, -0.2) is 62.9 Å². The number of nitrogens with zero attached hydrogens (tertiary/aromatic N) is 1. The second-order valence-corrected chi connectivity index (χ2v) is 5.78. The molecule has 0 N–H and O–H groups in total. The highest BCUT2D eigenvalue weighted by molar-refractivity contribution is 5.97. The number of amides is 1. The quantitative estimate of drug-likeness (QED) is 0.393. The molecule has 1 aromatic carbocycles. The zero-order valence-corrected chi connectivity index (χ0v) is 15.2. The molecule has 0 unspecified atom stereocenters. The van der Waals surface area contributed by atoms with E-state index in [0.29, 0.717) is 0 Å². The molecule has 2 rings (SSSR count). The zero-order valence-electron chi connectivity index (χ0n) is 15.2. The minimum absolute atomic E-state index is 0.00951. The fourth-order valence-corrected chi connectivity index (χ4v) is 3.03. The van der Waals surface area contributed by atoms with Gasteiger partial charge in [-0.3, -0.25) is 19.3 Å². The number of hydrogen-bond acceptors (Lipinski definition) is 8. The van der Waals surface area contributed by atoms with Gasteiger partial charge in [0, 0.05) is 0 Å². The normalized spacial score (nSPS) is 17.3. The Morgan fingerprint density at radius 2 is 1.67 bits per heavy atom. The first kappa shape index (κ1) is 20.2. The number of carbonyl (C=O) groups is 4. The summed E-state index contributed by atoms with van der Waals surface area (Å²) in [4.78, 5) is 50.1. The minimum Gasteiger partial charge on any atom is -0.469 e. The Morgan fingerprint density at radius 1 is 1.07 bits per heavy atom. The predicted octanol–water partition coefficient (Wildman–Crippen LogP) is 1.07. The number of hydrogen-bond donors (Lipinski definition) is 0. The molecular weight excluding hydrogens is 358 g/mol. The van der Waals surface area contributed by atoms with Gasteiger partial charge in [0.05, 0.1) is 39.8 Å². The Labute approximate surface area is 156 Å². The van der Waals surface area contributed by atoms with E-state index in [-0.39, 0.29) is 6.61 Å². The maximum Gasteiger partial charge on any atom is 0.410 e. The summed E-state index contributed by atoms with van der Waals surface area (Å²) in [7, 11) is 3.37. The molecule has 1 fully saturated rings. The lowest BCUT2D eigenvalue weighted by molar-refractivity contribution is -0.162. The molecule has 0 radical (unpaired) electrons. The first-order chi connectivity index (χ1) is 12.9. The Hall–Kier alpha value is -3.10. The molecule has 0 bridgehead atoms. The van der Waals surface area contributed by atoms with Gasteiger partial charge in [0.25, 0.3) is 0 Å². The van der Waals surface area contributed by atoms with Gasteiger partial charge in [0.2, 0.25) is 0 Å². The van der Waals surface area contributed by atoms with Gasteiger partial charge in [0.1, 0.15) is 6.61 Å². The van der Waals surface area contributed by atoms with Crippen molar-refractivity contribution in [3.8, 4) is 0 Å². The molecule has 0 saturated carbocycles. The molecule has 1 aliphatic heterocycles. The average molecular weight is 379 g/mol. The fraction of sp³-hybridized carbons (Fsp3) is 0.444. The molecule has 0 aliphatic carbocycles. The van der Waals surface area contributed by atoms with Gasteiger partial charge in [-0.25, -0.2) is 4.79 Å². The fourth-order valence-electron chi connectivity index (χ4n) is 3.03. The van der Waals surface area contributed by atoms with Crippen molar-refractivity contribution in [3.63, 3.8) is 0 Å². The van der Waals surface area contributed by atoms with Crippen LogP contribution in [-0.2, 0) is 33.3 Å². The summed E-state index contributed by atoms with van der Waals surface area (Å²) in [5.41, 5.74) is 0.728. The van der Waals surface area contributed by atoms with Crippen molar-refractivity contribution in [2.45, 2.75) is 18.5 Å². The maximum atomic E-state index is 12.4. The number of carbonyl (C=O) groups excluding carboxylic acids is 4. The molecular formula is C18H21NO8. The smallest absolute Gasteiger partial charge is 0.410 e. The van der Waals surface area contributed by atoms with Crippen molar-refractivity contribution < 1.29 is 38.1 Å². The summed E-state index contributed by atoms with van der Waals surface area (Å²) in [6, 6.07) is 7.14. The number of methoxy groups -OCH3 is 3. The molecule has 2 atom stereocenters. The van der Waals surface area contributed by atoms with Crippen LogP contribution in [0.4, 0.5) is 4.79 Å². The van der Waals surface area contributed by atoms with Crippen LogP contribution in [0, 0.1) is 5.92 Å². The standard InChI is InChI=1S/C18H21NO8/c1-24-14(20)9-12(15(16(21)25-2)17(22)26-3)19-13(10-27-18(19)23)11-7-5-4-6-8-11/h4-8,12-13,15H,9-10H2,1-3H3/t12-,13+/m1/s1. The highest BCUT2D eigenvalue weighted by atomic mass is 16.6. The van der Waals surface area contributed by atoms with Crippen LogP contribution >= 0.6 is 0 Å². The van der Waals surface area contributed by atoms with Crippen molar-refractivity contribution in [2.24, 2.45) is 5.92 Å². The van der Waals surface area contributed by atoms with E-state index in [1.54, 1.807) is 24.3 Å². The Kier molecular flexibility index (Phi) is 6.75. The first-order valence-corrected chi connectivity index (χ1v) is 8.17. The predicted molar refractivity (Wildman–Crippen MR) is 90.3 cm³/mol. The van der Waals surface area contributed by atoms with Crippen molar-refractivity contribution in [1.29, 1.82) is 0 Å². The number of benzene rings is 1. The van der Waals surface area contributed by atoms with Crippen molar-refractivity contribution in [1.82, 2.24) is 4.90 Å². The van der Waals surface area contributed by atoms with Crippen LogP contribution in [0.3, 0.4) is 0 Å². The summed E-state index contributed by atoms with van der Waals surface area (Å²) in [6.45, 7) is 0.00951. The highest BCUT2D eigenvalue weighted by Gasteiger charge is 2.49.